The Hall–Kier alpha value is -2.50. The number of anilines is 1. The van der Waals surface area contributed by atoms with Crippen LogP contribution in [0.15, 0.2) is 41.4 Å². The maximum Gasteiger partial charge on any atom is 0.265 e. The third-order valence-corrected chi connectivity index (χ3v) is 4.23. The lowest BCUT2D eigenvalue weighted by Crippen LogP contribution is -2.44. The summed E-state index contributed by atoms with van der Waals surface area (Å²) < 4.78 is 5.46. The summed E-state index contributed by atoms with van der Waals surface area (Å²) in [5.74, 6) is 1.60. The Labute approximate surface area is 142 Å². The second-order valence-corrected chi connectivity index (χ2v) is 5.94. The van der Waals surface area contributed by atoms with E-state index in [1.54, 1.807) is 11.9 Å². The van der Waals surface area contributed by atoms with Gasteiger partial charge in [0.1, 0.15) is 5.75 Å². The van der Waals surface area contributed by atoms with Crippen molar-refractivity contribution in [2.75, 3.05) is 31.6 Å². The molecular formula is C18H24N4O2. The molecule has 0 unspecified atom stereocenters. The molecule has 0 bridgehead atoms. The Morgan fingerprint density at radius 2 is 2.12 bits per heavy atom. The molecule has 0 fully saturated rings. The van der Waals surface area contributed by atoms with Crippen molar-refractivity contribution in [1.29, 1.82) is 0 Å². The molecule has 128 valence electrons. The second kappa shape index (κ2) is 7.86. The first kappa shape index (κ1) is 16.4. The van der Waals surface area contributed by atoms with Gasteiger partial charge in [0.25, 0.3) is 5.91 Å². The summed E-state index contributed by atoms with van der Waals surface area (Å²) in [5.41, 5.74) is 0.855. The minimum atomic E-state index is 0.00763. The number of nitrogens with zero attached hydrogens (tertiary/aromatic N) is 2. The standard InChI is InChI=1S/C18H24N4O2/c1-19-18(21-14-7-2-3-8-14)20-11-6-12-22-15-9-4-5-10-16(15)24-13-17(22)23/h2-5,9-10,14H,6-8,11-13H2,1H3,(H2,19,20,21). The maximum absolute atomic E-state index is 12.1. The summed E-state index contributed by atoms with van der Waals surface area (Å²) in [6, 6.07) is 8.10. The van der Waals surface area contributed by atoms with Gasteiger partial charge in [0.2, 0.25) is 0 Å². The highest BCUT2D eigenvalue weighted by atomic mass is 16.5. The monoisotopic (exact) mass is 328 g/mol. The van der Waals surface area contributed by atoms with E-state index >= 15 is 0 Å². The van der Waals surface area contributed by atoms with E-state index in [4.69, 9.17) is 4.74 Å². The van der Waals surface area contributed by atoms with Crippen molar-refractivity contribution in [2.24, 2.45) is 4.99 Å². The van der Waals surface area contributed by atoms with E-state index in [9.17, 15) is 4.79 Å². The van der Waals surface area contributed by atoms with Crippen molar-refractivity contribution in [3.63, 3.8) is 0 Å². The van der Waals surface area contributed by atoms with Crippen LogP contribution in [0, 0.1) is 0 Å². The highest BCUT2D eigenvalue weighted by Gasteiger charge is 2.24. The van der Waals surface area contributed by atoms with Crippen molar-refractivity contribution in [3.8, 4) is 5.75 Å². The first-order chi connectivity index (χ1) is 11.8. The molecule has 1 aromatic rings. The molecule has 0 atom stereocenters. The zero-order valence-electron chi connectivity index (χ0n) is 14.0. The second-order valence-electron chi connectivity index (χ2n) is 5.94. The van der Waals surface area contributed by atoms with E-state index in [0.29, 0.717) is 12.6 Å². The van der Waals surface area contributed by atoms with Gasteiger partial charge in [-0.15, -0.1) is 0 Å². The zero-order chi connectivity index (χ0) is 16.8. The normalized spacial score (nSPS) is 17.6. The van der Waals surface area contributed by atoms with Gasteiger partial charge in [-0.05, 0) is 31.4 Å². The van der Waals surface area contributed by atoms with Crippen LogP contribution in [0.5, 0.6) is 5.75 Å². The molecule has 0 saturated carbocycles. The molecule has 1 heterocycles. The van der Waals surface area contributed by atoms with Crippen LogP contribution in [-0.2, 0) is 4.79 Å². The number of benzene rings is 1. The van der Waals surface area contributed by atoms with Gasteiger partial charge in [0, 0.05) is 26.2 Å². The summed E-state index contributed by atoms with van der Waals surface area (Å²) >= 11 is 0. The van der Waals surface area contributed by atoms with Crippen LogP contribution in [0.1, 0.15) is 19.3 Å². The number of rotatable bonds is 5. The molecule has 2 N–H and O–H groups in total. The average molecular weight is 328 g/mol. The minimum Gasteiger partial charge on any atom is -0.482 e. The number of amides is 1. The largest absolute Gasteiger partial charge is 0.482 e. The Bertz CT molecular complexity index is 634. The predicted octanol–water partition coefficient (Wildman–Crippen LogP) is 1.69. The van der Waals surface area contributed by atoms with Crippen LogP contribution in [0.2, 0.25) is 0 Å². The summed E-state index contributed by atoms with van der Waals surface area (Å²) in [6.45, 7) is 1.53. The molecule has 0 aromatic heterocycles. The van der Waals surface area contributed by atoms with Crippen LogP contribution in [-0.4, -0.2) is 44.7 Å². The number of guanidine groups is 1. The lowest BCUT2D eigenvalue weighted by molar-refractivity contribution is -0.121. The predicted molar refractivity (Wildman–Crippen MR) is 95.6 cm³/mol. The number of hydrogen-bond acceptors (Lipinski definition) is 3. The summed E-state index contributed by atoms with van der Waals surface area (Å²) in [6.07, 6.45) is 7.29. The number of para-hydroxylation sites is 2. The van der Waals surface area contributed by atoms with E-state index in [1.165, 1.54) is 0 Å². The molecule has 6 heteroatoms. The fourth-order valence-electron chi connectivity index (χ4n) is 2.97. The maximum atomic E-state index is 12.1. The van der Waals surface area contributed by atoms with Crippen molar-refractivity contribution >= 4 is 17.6 Å². The van der Waals surface area contributed by atoms with Crippen LogP contribution in [0.25, 0.3) is 0 Å². The third kappa shape index (κ3) is 3.88. The van der Waals surface area contributed by atoms with Crippen LogP contribution >= 0.6 is 0 Å². The van der Waals surface area contributed by atoms with E-state index < -0.39 is 0 Å². The summed E-state index contributed by atoms with van der Waals surface area (Å²) in [4.78, 5) is 18.2. The molecular weight excluding hydrogens is 304 g/mol. The number of ether oxygens (including phenoxy) is 1. The Morgan fingerprint density at radius 1 is 1.33 bits per heavy atom. The van der Waals surface area contributed by atoms with Crippen LogP contribution in [0.4, 0.5) is 5.69 Å². The van der Waals surface area contributed by atoms with Gasteiger partial charge in [-0.3, -0.25) is 9.79 Å². The number of hydrogen-bond donors (Lipinski definition) is 2. The average Bonchev–Trinajstić information content (AvgIpc) is 3.12. The fourth-order valence-corrected chi connectivity index (χ4v) is 2.97. The SMILES string of the molecule is CN=C(NCCCN1C(=O)COc2ccccc21)NC1CC=CC1. The fraction of sp³-hybridized carbons (Fsp3) is 0.444. The molecule has 24 heavy (non-hydrogen) atoms. The van der Waals surface area contributed by atoms with Crippen molar-refractivity contribution in [3.05, 3.63) is 36.4 Å². The molecule has 0 radical (unpaired) electrons. The number of carbonyl (C=O) groups is 1. The van der Waals surface area contributed by atoms with E-state index in [1.807, 2.05) is 24.3 Å². The molecule has 3 rings (SSSR count). The Balaban J connectivity index is 1.47. The molecule has 0 spiro atoms. The lowest BCUT2D eigenvalue weighted by Gasteiger charge is -2.29. The highest BCUT2D eigenvalue weighted by Crippen LogP contribution is 2.31. The first-order valence-electron chi connectivity index (χ1n) is 8.42. The van der Waals surface area contributed by atoms with Gasteiger partial charge in [-0.25, -0.2) is 0 Å². The molecule has 1 aliphatic heterocycles. The smallest absolute Gasteiger partial charge is 0.265 e. The number of nitrogens with one attached hydrogen (secondary N) is 2. The van der Waals surface area contributed by atoms with Crippen LogP contribution < -0.4 is 20.3 Å². The lowest BCUT2D eigenvalue weighted by atomic mass is 10.2. The molecule has 1 aromatic carbocycles. The quantitative estimate of drug-likeness (QED) is 0.374. The summed E-state index contributed by atoms with van der Waals surface area (Å²) in [5, 5.41) is 6.72. The number of fused-ring (bicyclic) bond motifs is 1. The Morgan fingerprint density at radius 3 is 2.92 bits per heavy atom. The van der Waals surface area contributed by atoms with E-state index in [-0.39, 0.29) is 12.5 Å². The number of aliphatic imine (C=N–C) groups is 1. The van der Waals surface area contributed by atoms with Gasteiger partial charge < -0.3 is 20.3 Å². The minimum absolute atomic E-state index is 0.00763. The molecule has 6 nitrogen and oxygen atoms in total. The molecule has 1 aliphatic carbocycles. The molecule has 1 amide bonds. The van der Waals surface area contributed by atoms with E-state index in [2.05, 4.69) is 27.8 Å². The van der Waals surface area contributed by atoms with Gasteiger partial charge in [-0.1, -0.05) is 24.3 Å². The zero-order valence-corrected chi connectivity index (χ0v) is 14.0. The van der Waals surface area contributed by atoms with Crippen molar-refractivity contribution < 1.29 is 9.53 Å². The van der Waals surface area contributed by atoms with Gasteiger partial charge >= 0.3 is 0 Å². The van der Waals surface area contributed by atoms with Crippen molar-refractivity contribution in [2.45, 2.75) is 25.3 Å². The third-order valence-electron chi connectivity index (χ3n) is 4.23. The van der Waals surface area contributed by atoms with E-state index in [0.717, 1.165) is 43.2 Å². The topological polar surface area (TPSA) is 66.0 Å². The Kier molecular flexibility index (Phi) is 5.36. The summed E-state index contributed by atoms with van der Waals surface area (Å²) in [7, 11) is 1.78. The van der Waals surface area contributed by atoms with Crippen LogP contribution in [0.3, 0.4) is 0 Å². The molecule has 0 saturated heterocycles. The highest BCUT2D eigenvalue weighted by molar-refractivity contribution is 5.97. The van der Waals surface area contributed by atoms with Gasteiger partial charge in [0.15, 0.2) is 12.6 Å². The number of carbonyl (C=O) groups excluding carboxylic acids is 1. The molecule has 2 aliphatic rings. The van der Waals surface area contributed by atoms with Gasteiger partial charge in [0.05, 0.1) is 5.69 Å². The van der Waals surface area contributed by atoms with Crippen molar-refractivity contribution in [1.82, 2.24) is 10.6 Å². The van der Waals surface area contributed by atoms with Gasteiger partial charge in [-0.2, -0.15) is 0 Å². The first-order valence-corrected chi connectivity index (χ1v) is 8.42.